The number of benzene rings is 3. The lowest BCUT2D eigenvalue weighted by molar-refractivity contribution is -0.119. The van der Waals surface area contributed by atoms with E-state index in [2.05, 4.69) is 15.8 Å². The van der Waals surface area contributed by atoms with E-state index in [0.29, 0.717) is 32.3 Å². The molecule has 4 aromatic rings. The monoisotopic (exact) mass is 464 g/mol. The minimum absolute atomic E-state index is 0.0791. The Kier molecular flexibility index (Phi) is 6.53. The first-order valence-corrected chi connectivity index (χ1v) is 10.9. The van der Waals surface area contributed by atoms with Gasteiger partial charge in [-0.05, 0) is 36.4 Å². The summed E-state index contributed by atoms with van der Waals surface area (Å²) in [4.78, 5) is 42.2. The van der Waals surface area contributed by atoms with E-state index in [1.807, 2.05) is 0 Å². The Balaban J connectivity index is 1.56. The van der Waals surface area contributed by atoms with Crippen molar-refractivity contribution in [3.05, 3.63) is 99.8 Å². The first-order valence-electron chi connectivity index (χ1n) is 9.58. The van der Waals surface area contributed by atoms with Crippen molar-refractivity contribution >= 4 is 46.1 Å². The third-order valence-electron chi connectivity index (χ3n) is 4.52. The molecule has 0 fully saturated rings. The number of carbonyl (C=O) groups excluding carboxylic acids is 2. The van der Waals surface area contributed by atoms with Crippen molar-refractivity contribution in [2.75, 3.05) is 5.75 Å². The molecule has 0 aliphatic rings. The number of halogens is 1. The highest BCUT2D eigenvalue weighted by molar-refractivity contribution is 7.99. The number of para-hydroxylation sites is 2. The van der Waals surface area contributed by atoms with Crippen LogP contribution in [-0.2, 0) is 4.79 Å². The lowest BCUT2D eigenvalue weighted by Crippen LogP contribution is -2.42. The zero-order chi connectivity index (χ0) is 22.5. The van der Waals surface area contributed by atoms with E-state index < -0.39 is 11.8 Å². The van der Waals surface area contributed by atoms with E-state index in [0.717, 1.165) is 11.8 Å². The number of hydrogen-bond donors (Lipinski definition) is 2. The van der Waals surface area contributed by atoms with Gasteiger partial charge in [-0.15, -0.1) is 0 Å². The predicted molar refractivity (Wildman–Crippen MR) is 125 cm³/mol. The number of thioether (sulfide) groups is 1. The van der Waals surface area contributed by atoms with Crippen molar-refractivity contribution in [2.24, 2.45) is 0 Å². The summed E-state index contributed by atoms with van der Waals surface area (Å²) in [6, 6.07) is 22.4. The topological polar surface area (TPSA) is 93.1 Å². The Hall–Kier alpha value is -3.62. The smallest absolute Gasteiger partial charge is 0.269 e. The van der Waals surface area contributed by atoms with Crippen molar-refractivity contribution < 1.29 is 9.59 Å². The quantitative estimate of drug-likeness (QED) is 0.267. The SMILES string of the molecule is O=C(CSc1nc2ccccc2c(=O)n1-c1ccccc1Cl)NNC(=O)c1ccccc1. The fourth-order valence-corrected chi connectivity index (χ4v) is 4.03. The standard InChI is InChI=1S/C23H17ClN4O3S/c24-17-11-5-7-13-19(17)28-22(31)16-10-4-6-12-18(16)25-23(28)32-14-20(29)26-27-21(30)15-8-2-1-3-9-15/h1-13H,14H2,(H,26,29)(H,27,30). The third kappa shape index (κ3) is 4.66. The zero-order valence-electron chi connectivity index (χ0n) is 16.6. The molecule has 7 nitrogen and oxygen atoms in total. The van der Waals surface area contributed by atoms with Gasteiger partial charge in [0.15, 0.2) is 5.16 Å². The second-order valence-corrected chi connectivity index (χ2v) is 8.01. The van der Waals surface area contributed by atoms with Gasteiger partial charge in [0.1, 0.15) is 0 Å². The van der Waals surface area contributed by atoms with E-state index >= 15 is 0 Å². The van der Waals surface area contributed by atoms with E-state index in [4.69, 9.17) is 11.6 Å². The molecule has 3 aromatic carbocycles. The number of aromatic nitrogens is 2. The molecule has 4 rings (SSSR count). The van der Waals surface area contributed by atoms with Gasteiger partial charge in [0, 0.05) is 5.56 Å². The molecule has 0 unspecified atom stereocenters. The van der Waals surface area contributed by atoms with Crippen LogP contribution in [0.25, 0.3) is 16.6 Å². The van der Waals surface area contributed by atoms with Gasteiger partial charge in [-0.1, -0.05) is 65.8 Å². The predicted octanol–water partition coefficient (Wildman–Crippen LogP) is 3.59. The molecular formula is C23H17ClN4O3S. The van der Waals surface area contributed by atoms with Crippen LogP contribution in [-0.4, -0.2) is 27.1 Å². The summed E-state index contributed by atoms with van der Waals surface area (Å²) in [5.41, 5.74) is 5.86. The fourth-order valence-electron chi connectivity index (χ4n) is 3.01. The Morgan fingerprint density at radius 2 is 1.59 bits per heavy atom. The number of carbonyl (C=O) groups is 2. The zero-order valence-corrected chi connectivity index (χ0v) is 18.2. The summed E-state index contributed by atoms with van der Waals surface area (Å²) in [6.45, 7) is 0. The number of amides is 2. The summed E-state index contributed by atoms with van der Waals surface area (Å²) in [7, 11) is 0. The van der Waals surface area contributed by atoms with Crippen LogP contribution in [0.1, 0.15) is 10.4 Å². The van der Waals surface area contributed by atoms with Crippen LogP contribution < -0.4 is 16.4 Å². The van der Waals surface area contributed by atoms with Crippen LogP contribution in [0.4, 0.5) is 0 Å². The molecule has 0 radical (unpaired) electrons. The van der Waals surface area contributed by atoms with Crippen molar-refractivity contribution in [2.45, 2.75) is 5.16 Å². The van der Waals surface area contributed by atoms with Gasteiger partial charge in [-0.25, -0.2) is 4.98 Å². The fraction of sp³-hybridized carbons (Fsp3) is 0.0435. The molecule has 2 N–H and O–H groups in total. The largest absolute Gasteiger partial charge is 0.272 e. The average Bonchev–Trinajstić information content (AvgIpc) is 2.82. The number of hydrazine groups is 1. The number of hydrogen-bond acceptors (Lipinski definition) is 5. The Morgan fingerprint density at radius 1 is 0.906 bits per heavy atom. The van der Waals surface area contributed by atoms with Crippen LogP contribution in [0.15, 0.2) is 88.8 Å². The number of fused-ring (bicyclic) bond motifs is 1. The minimum atomic E-state index is -0.451. The van der Waals surface area contributed by atoms with E-state index in [1.54, 1.807) is 78.9 Å². The lowest BCUT2D eigenvalue weighted by Gasteiger charge is -2.14. The second-order valence-electron chi connectivity index (χ2n) is 6.66. The molecule has 0 bridgehead atoms. The van der Waals surface area contributed by atoms with Gasteiger partial charge in [0.05, 0.1) is 27.4 Å². The highest BCUT2D eigenvalue weighted by Crippen LogP contribution is 2.25. The Morgan fingerprint density at radius 3 is 2.38 bits per heavy atom. The average molecular weight is 465 g/mol. The van der Waals surface area contributed by atoms with Gasteiger partial charge >= 0.3 is 0 Å². The van der Waals surface area contributed by atoms with E-state index in [1.165, 1.54) is 4.57 Å². The molecule has 160 valence electrons. The van der Waals surface area contributed by atoms with Gasteiger partial charge in [0.2, 0.25) is 5.91 Å². The highest BCUT2D eigenvalue weighted by atomic mass is 35.5. The summed E-state index contributed by atoms with van der Waals surface area (Å²) in [5.74, 6) is -0.960. The number of nitrogens with zero attached hydrogens (tertiary/aromatic N) is 2. The van der Waals surface area contributed by atoms with E-state index in [-0.39, 0.29) is 11.3 Å². The molecule has 1 aromatic heterocycles. The normalized spacial score (nSPS) is 10.7. The van der Waals surface area contributed by atoms with Crippen LogP contribution in [0, 0.1) is 0 Å². The first-order chi connectivity index (χ1) is 15.5. The molecule has 0 spiro atoms. The highest BCUT2D eigenvalue weighted by Gasteiger charge is 2.16. The van der Waals surface area contributed by atoms with Crippen LogP contribution >= 0.6 is 23.4 Å². The summed E-state index contributed by atoms with van der Waals surface area (Å²) in [5, 5.41) is 1.13. The maximum atomic E-state index is 13.2. The molecule has 0 aliphatic carbocycles. The molecule has 1 heterocycles. The molecule has 0 atom stereocenters. The van der Waals surface area contributed by atoms with Crippen molar-refractivity contribution in [3.8, 4) is 5.69 Å². The Bertz CT molecular complexity index is 1360. The van der Waals surface area contributed by atoms with Crippen LogP contribution in [0.2, 0.25) is 5.02 Å². The molecule has 32 heavy (non-hydrogen) atoms. The van der Waals surface area contributed by atoms with Gasteiger partial charge < -0.3 is 0 Å². The maximum Gasteiger partial charge on any atom is 0.269 e. The van der Waals surface area contributed by atoms with Crippen molar-refractivity contribution in [1.82, 2.24) is 20.4 Å². The number of rotatable bonds is 5. The van der Waals surface area contributed by atoms with Crippen molar-refractivity contribution in [3.63, 3.8) is 0 Å². The van der Waals surface area contributed by atoms with Gasteiger partial charge in [0.25, 0.3) is 11.5 Å². The summed E-state index contributed by atoms with van der Waals surface area (Å²) < 4.78 is 1.39. The Labute approximate surface area is 192 Å². The number of nitrogens with one attached hydrogen (secondary N) is 2. The molecular weight excluding hydrogens is 448 g/mol. The van der Waals surface area contributed by atoms with Gasteiger partial charge in [-0.2, -0.15) is 0 Å². The third-order valence-corrected chi connectivity index (χ3v) is 5.78. The summed E-state index contributed by atoms with van der Waals surface area (Å²) in [6.07, 6.45) is 0. The van der Waals surface area contributed by atoms with Crippen LogP contribution in [0.3, 0.4) is 0 Å². The second kappa shape index (κ2) is 9.67. The maximum absolute atomic E-state index is 13.2. The molecule has 9 heteroatoms. The minimum Gasteiger partial charge on any atom is -0.272 e. The van der Waals surface area contributed by atoms with Crippen molar-refractivity contribution in [1.29, 1.82) is 0 Å². The molecule has 2 amide bonds. The summed E-state index contributed by atoms with van der Waals surface area (Å²) >= 11 is 7.40. The lowest BCUT2D eigenvalue weighted by atomic mass is 10.2. The van der Waals surface area contributed by atoms with Crippen LogP contribution in [0.5, 0.6) is 0 Å². The first kappa shape index (κ1) is 21.6. The van der Waals surface area contributed by atoms with E-state index in [9.17, 15) is 14.4 Å². The molecule has 0 saturated heterocycles. The molecule has 0 aliphatic heterocycles. The molecule has 0 saturated carbocycles. The van der Waals surface area contributed by atoms with Gasteiger partial charge in [-0.3, -0.25) is 29.8 Å².